The molecule has 1 N–H and O–H groups in total. The van der Waals surface area contributed by atoms with Gasteiger partial charge in [-0.05, 0) is 70.9 Å². The minimum absolute atomic E-state index is 0.0974. The summed E-state index contributed by atoms with van der Waals surface area (Å²) in [5.41, 5.74) is 0. The maximum Gasteiger partial charge on any atom is 0.222 e. The van der Waals surface area contributed by atoms with Crippen molar-refractivity contribution < 1.29 is 19.4 Å². The average Bonchev–Trinajstić information content (AvgIpc) is 3.34. The molecule has 1 saturated heterocycles. The second-order valence-corrected chi connectivity index (χ2v) is 21.7. The number of rotatable bonds is 53. The lowest BCUT2D eigenvalue weighted by Crippen LogP contribution is -2.50. The average molecular weight is 961 g/mol. The fourth-order valence-corrected chi connectivity index (χ4v) is 10.5. The van der Waals surface area contributed by atoms with E-state index in [2.05, 4.69) is 42.4 Å². The molecule has 0 bridgehead atoms. The number of aliphatic hydroxyl groups is 1. The third-order valence-corrected chi connectivity index (χ3v) is 15.3. The van der Waals surface area contributed by atoms with Crippen LogP contribution in [0.4, 0.5) is 0 Å². The molecule has 2 atom stereocenters. The zero-order chi connectivity index (χ0) is 49.2. The molecular formula is C61H121N3O4. The van der Waals surface area contributed by atoms with Crippen molar-refractivity contribution in [3.05, 3.63) is 0 Å². The van der Waals surface area contributed by atoms with Crippen LogP contribution in [0, 0.1) is 0 Å². The third kappa shape index (κ3) is 39.4. The van der Waals surface area contributed by atoms with Crippen LogP contribution < -0.4 is 0 Å². The van der Waals surface area contributed by atoms with Crippen molar-refractivity contribution in [2.24, 2.45) is 0 Å². The van der Waals surface area contributed by atoms with E-state index in [0.717, 1.165) is 110 Å². The molecule has 1 fully saturated rings. The topological polar surface area (TPSA) is 73.3 Å². The van der Waals surface area contributed by atoms with E-state index in [-0.39, 0.29) is 12.1 Å². The molecule has 0 aromatic heterocycles. The zero-order valence-corrected chi connectivity index (χ0v) is 46.6. The van der Waals surface area contributed by atoms with Gasteiger partial charge in [0.05, 0.1) is 18.8 Å². The van der Waals surface area contributed by atoms with Crippen LogP contribution in [0.2, 0.25) is 0 Å². The summed E-state index contributed by atoms with van der Waals surface area (Å²) in [4.78, 5) is 33.9. The van der Waals surface area contributed by atoms with Gasteiger partial charge in [-0.15, -0.1) is 0 Å². The minimum atomic E-state index is -0.306. The first kappa shape index (κ1) is 64.8. The van der Waals surface area contributed by atoms with Crippen LogP contribution in [-0.4, -0.2) is 96.2 Å². The summed E-state index contributed by atoms with van der Waals surface area (Å²) in [6, 6.07) is 0.0974. The molecule has 1 aliphatic heterocycles. The number of nitrogens with zero attached hydrogens (tertiary/aromatic N) is 3. The Kier molecular flexibility index (Phi) is 48.4. The van der Waals surface area contributed by atoms with Gasteiger partial charge >= 0.3 is 0 Å². The molecule has 1 heterocycles. The molecule has 68 heavy (non-hydrogen) atoms. The van der Waals surface area contributed by atoms with Crippen LogP contribution in [0.3, 0.4) is 0 Å². The molecule has 7 nitrogen and oxygen atoms in total. The van der Waals surface area contributed by atoms with E-state index >= 15 is 0 Å². The second-order valence-electron chi connectivity index (χ2n) is 21.7. The zero-order valence-electron chi connectivity index (χ0n) is 46.6. The van der Waals surface area contributed by atoms with Gasteiger partial charge in [-0.2, -0.15) is 0 Å². The van der Waals surface area contributed by atoms with E-state index < -0.39 is 0 Å². The Labute approximate surface area is 425 Å². The SMILES string of the molecule is CCCCCCCCCCN(CCCCCCCCCC)C(=O)CCCCCCCN(CCCCCCCC(=O)N(CCCCCCCCCC)CCCCCCCCCC)[C@@H]1COCC[C@@H]1O. The summed E-state index contributed by atoms with van der Waals surface area (Å²) in [6.45, 7) is 16.3. The predicted octanol–water partition coefficient (Wildman–Crippen LogP) is 17.3. The summed E-state index contributed by atoms with van der Waals surface area (Å²) >= 11 is 0. The monoisotopic (exact) mass is 960 g/mol. The van der Waals surface area contributed by atoms with E-state index in [4.69, 9.17) is 4.74 Å². The van der Waals surface area contributed by atoms with E-state index in [0.29, 0.717) is 37.9 Å². The molecule has 2 amide bonds. The number of amides is 2. The number of ether oxygens (including phenoxy) is 1. The van der Waals surface area contributed by atoms with Gasteiger partial charge in [0, 0.05) is 45.6 Å². The van der Waals surface area contributed by atoms with Crippen LogP contribution in [0.25, 0.3) is 0 Å². The third-order valence-electron chi connectivity index (χ3n) is 15.3. The Morgan fingerprint density at radius 3 is 0.897 bits per heavy atom. The summed E-state index contributed by atoms with van der Waals surface area (Å²) in [5.74, 6) is 0.787. The highest BCUT2D eigenvalue weighted by Crippen LogP contribution is 2.20. The molecule has 1 rings (SSSR count). The highest BCUT2D eigenvalue weighted by Gasteiger charge is 2.29. The van der Waals surface area contributed by atoms with Gasteiger partial charge in [0.1, 0.15) is 0 Å². The molecule has 0 spiro atoms. The van der Waals surface area contributed by atoms with Crippen molar-refractivity contribution in [2.75, 3.05) is 52.5 Å². The van der Waals surface area contributed by atoms with Gasteiger partial charge in [0.15, 0.2) is 0 Å². The van der Waals surface area contributed by atoms with Gasteiger partial charge in [-0.3, -0.25) is 14.5 Å². The Morgan fingerprint density at radius 2 is 0.618 bits per heavy atom. The molecule has 0 aromatic carbocycles. The molecule has 0 unspecified atom stereocenters. The van der Waals surface area contributed by atoms with E-state index in [9.17, 15) is 14.7 Å². The van der Waals surface area contributed by atoms with E-state index in [1.54, 1.807) is 0 Å². The molecule has 404 valence electrons. The normalized spacial score (nSPS) is 15.1. The Bertz CT molecular complexity index is 948. The van der Waals surface area contributed by atoms with E-state index in [1.807, 2.05) is 0 Å². The van der Waals surface area contributed by atoms with Crippen molar-refractivity contribution in [3.8, 4) is 0 Å². The molecule has 0 radical (unpaired) electrons. The fourth-order valence-electron chi connectivity index (χ4n) is 10.5. The van der Waals surface area contributed by atoms with Gasteiger partial charge in [0.2, 0.25) is 11.8 Å². The molecular weight excluding hydrogens is 839 g/mol. The number of hydrogen-bond donors (Lipinski definition) is 1. The van der Waals surface area contributed by atoms with Crippen LogP contribution >= 0.6 is 0 Å². The summed E-state index contributed by atoms with van der Waals surface area (Å²) < 4.78 is 5.88. The maximum absolute atomic E-state index is 13.5. The van der Waals surface area contributed by atoms with Crippen molar-refractivity contribution in [1.82, 2.24) is 14.7 Å². The van der Waals surface area contributed by atoms with Crippen LogP contribution in [0.15, 0.2) is 0 Å². The predicted molar refractivity (Wildman–Crippen MR) is 296 cm³/mol. The van der Waals surface area contributed by atoms with Gasteiger partial charge < -0.3 is 19.6 Å². The van der Waals surface area contributed by atoms with E-state index in [1.165, 1.54) is 205 Å². The summed E-state index contributed by atoms with van der Waals surface area (Å²) in [7, 11) is 0. The number of carbonyl (C=O) groups excluding carboxylic acids is 2. The largest absolute Gasteiger partial charge is 0.391 e. The van der Waals surface area contributed by atoms with Crippen LogP contribution in [0.5, 0.6) is 0 Å². The van der Waals surface area contributed by atoms with Crippen molar-refractivity contribution in [3.63, 3.8) is 0 Å². The number of carbonyl (C=O) groups is 2. The number of unbranched alkanes of at least 4 members (excludes halogenated alkanes) is 36. The Morgan fingerprint density at radius 1 is 0.368 bits per heavy atom. The molecule has 0 saturated carbocycles. The lowest BCUT2D eigenvalue weighted by atomic mass is 10.0. The molecule has 7 heteroatoms. The fraction of sp³-hybridized carbons (Fsp3) is 0.967. The summed E-state index contributed by atoms with van der Waals surface area (Å²) in [6.07, 6.45) is 55.1. The number of hydrogen-bond acceptors (Lipinski definition) is 5. The Hall–Kier alpha value is -1.18. The smallest absolute Gasteiger partial charge is 0.222 e. The van der Waals surface area contributed by atoms with Crippen LogP contribution in [0.1, 0.15) is 317 Å². The van der Waals surface area contributed by atoms with Gasteiger partial charge in [-0.25, -0.2) is 0 Å². The quantitative estimate of drug-likeness (QED) is 0.0615. The first-order valence-corrected chi connectivity index (χ1v) is 31.0. The highest BCUT2D eigenvalue weighted by atomic mass is 16.5. The number of aliphatic hydroxyl groups excluding tert-OH is 1. The molecule has 0 aliphatic carbocycles. The lowest BCUT2D eigenvalue weighted by Gasteiger charge is -2.37. The van der Waals surface area contributed by atoms with Crippen molar-refractivity contribution in [1.29, 1.82) is 0 Å². The minimum Gasteiger partial charge on any atom is -0.391 e. The van der Waals surface area contributed by atoms with Gasteiger partial charge in [0.25, 0.3) is 0 Å². The standard InChI is InChI=1S/C61H121N3O4/c1-5-9-13-17-21-25-33-43-52-63(53-44-34-26-22-18-14-10-6-2)60(66)47-39-31-29-37-41-50-62(58-57-68-56-49-59(58)65)51-42-38-30-32-40-48-61(67)64(54-45-35-27-23-19-15-11-7-3)55-46-36-28-24-20-16-12-8-4/h58-59,65H,5-57H2,1-4H3/t58-,59+/m1/s1. The Balaban J connectivity index is 2.45. The highest BCUT2D eigenvalue weighted by molar-refractivity contribution is 5.76. The van der Waals surface area contributed by atoms with Crippen LogP contribution in [-0.2, 0) is 14.3 Å². The van der Waals surface area contributed by atoms with Crippen molar-refractivity contribution in [2.45, 2.75) is 329 Å². The maximum atomic E-state index is 13.5. The summed E-state index contributed by atoms with van der Waals surface area (Å²) in [5, 5.41) is 11.0. The molecule has 1 aliphatic rings. The first-order valence-electron chi connectivity index (χ1n) is 31.0. The lowest BCUT2D eigenvalue weighted by molar-refractivity contribution is -0.132. The second kappa shape index (κ2) is 50.7. The van der Waals surface area contributed by atoms with Crippen molar-refractivity contribution >= 4 is 11.8 Å². The van der Waals surface area contributed by atoms with Gasteiger partial charge in [-0.1, -0.05) is 246 Å². The first-order chi connectivity index (χ1) is 33.5. The molecule has 0 aromatic rings.